The Kier molecular flexibility index (Phi) is 4.59. The van der Waals surface area contributed by atoms with Crippen LogP contribution in [0.2, 0.25) is 0 Å². The molecule has 1 aromatic carbocycles. The third-order valence-electron chi connectivity index (χ3n) is 4.03. The maximum absolute atomic E-state index is 12.4. The molecule has 3 nitrogen and oxygen atoms in total. The first-order valence-corrected chi connectivity index (χ1v) is 7.08. The monoisotopic (exact) mass is 262 g/mol. The minimum absolute atomic E-state index is 0.244. The first-order valence-electron chi connectivity index (χ1n) is 7.08. The van der Waals surface area contributed by atoms with Crippen molar-refractivity contribution in [3.05, 3.63) is 35.9 Å². The molecular formula is C16H22O3. The van der Waals surface area contributed by atoms with Crippen molar-refractivity contribution < 1.29 is 14.6 Å². The van der Waals surface area contributed by atoms with Gasteiger partial charge in [0.15, 0.2) is 0 Å². The van der Waals surface area contributed by atoms with Gasteiger partial charge < -0.3 is 9.84 Å². The van der Waals surface area contributed by atoms with Crippen LogP contribution in [0.5, 0.6) is 0 Å². The van der Waals surface area contributed by atoms with Crippen LogP contribution in [0.3, 0.4) is 0 Å². The Morgan fingerprint density at radius 2 is 2.11 bits per heavy atom. The van der Waals surface area contributed by atoms with E-state index in [0.717, 1.165) is 18.4 Å². The second-order valence-corrected chi connectivity index (χ2v) is 5.30. The zero-order chi connectivity index (χ0) is 13.7. The van der Waals surface area contributed by atoms with Gasteiger partial charge in [0.25, 0.3) is 0 Å². The van der Waals surface area contributed by atoms with Crippen molar-refractivity contribution in [3.63, 3.8) is 0 Å². The number of carbonyl (C=O) groups excluding carboxylic acids is 1. The number of hydrogen-bond donors (Lipinski definition) is 1. The molecule has 0 bridgehead atoms. The maximum atomic E-state index is 12.4. The van der Waals surface area contributed by atoms with Gasteiger partial charge in [-0.15, -0.1) is 0 Å². The number of esters is 1. The van der Waals surface area contributed by atoms with Crippen molar-refractivity contribution in [1.82, 2.24) is 0 Å². The molecule has 19 heavy (non-hydrogen) atoms. The van der Waals surface area contributed by atoms with Crippen molar-refractivity contribution in [3.8, 4) is 0 Å². The van der Waals surface area contributed by atoms with Gasteiger partial charge in [-0.25, -0.2) is 0 Å². The molecule has 0 amide bonds. The Bertz CT molecular complexity index is 415. The third kappa shape index (κ3) is 2.98. The number of carbonyl (C=O) groups is 1. The molecule has 1 aromatic rings. The zero-order valence-corrected chi connectivity index (χ0v) is 11.5. The molecule has 0 unspecified atom stereocenters. The second kappa shape index (κ2) is 6.20. The summed E-state index contributed by atoms with van der Waals surface area (Å²) in [4.78, 5) is 12.4. The zero-order valence-electron chi connectivity index (χ0n) is 11.5. The van der Waals surface area contributed by atoms with Crippen LogP contribution in [0, 0.1) is 5.41 Å². The Labute approximate surface area is 114 Å². The normalized spacial score (nSPS) is 26.9. The summed E-state index contributed by atoms with van der Waals surface area (Å²) in [5.41, 5.74) is 0.326. The largest absolute Gasteiger partial charge is 0.465 e. The molecule has 0 aliphatic heterocycles. The molecule has 0 aromatic heterocycles. The number of rotatable bonds is 4. The summed E-state index contributed by atoms with van der Waals surface area (Å²) in [6.45, 7) is 2.17. The van der Waals surface area contributed by atoms with E-state index in [1.807, 2.05) is 37.3 Å². The minimum Gasteiger partial charge on any atom is -0.465 e. The van der Waals surface area contributed by atoms with E-state index in [9.17, 15) is 9.90 Å². The quantitative estimate of drug-likeness (QED) is 0.849. The number of ether oxygens (including phenoxy) is 1. The summed E-state index contributed by atoms with van der Waals surface area (Å²) in [5, 5.41) is 10.4. The predicted molar refractivity (Wildman–Crippen MR) is 73.7 cm³/mol. The number of hydrogen-bond acceptors (Lipinski definition) is 3. The number of benzene rings is 1. The van der Waals surface area contributed by atoms with Crippen LogP contribution in [-0.4, -0.2) is 23.8 Å². The number of aliphatic hydroxyl groups is 1. The highest BCUT2D eigenvalue weighted by Gasteiger charge is 2.47. The molecule has 0 saturated heterocycles. The van der Waals surface area contributed by atoms with Gasteiger partial charge in [0, 0.05) is 0 Å². The number of aliphatic hydroxyl groups excluding tert-OH is 1. The van der Waals surface area contributed by atoms with Gasteiger partial charge in [0.05, 0.1) is 18.1 Å². The van der Waals surface area contributed by atoms with Crippen molar-refractivity contribution in [2.75, 3.05) is 6.61 Å². The van der Waals surface area contributed by atoms with Gasteiger partial charge >= 0.3 is 5.97 Å². The van der Waals surface area contributed by atoms with E-state index < -0.39 is 11.5 Å². The van der Waals surface area contributed by atoms with Crippen molar-refractivity contribution in [2.24, 2.45) is 5.41 Å². The van der Waals surface area contributed by atoms with Gasteiger partial charge in [0.1, 0.15) is 0 Å². The van der Waals surface area contributed by atoms with E-state index in [1.165, 1.54) is 0 Å². The van der Waals surface area contributed by atoms with Crippen molar-refractivity contribution in [2.45, 2.75) is 45.1 Å². The van der Waals surface area contributed by atoms with E-state index >= 15 is 0 Å². The standard InChI is InChI=1S/C16H22O3/c1-2-19-15(18)16(11-7-6-10-14(16)17)12-13-8-4-3-5-9-13/h3-5,8-9,14,17H,2,6-7,10-12H2,1H3/t14-,16-/m1/s1. The van der Waals surface area contributed by atoms with Crippen LogP contribution in [0.1, 0.15) is 38.2 Å². The van der Waals surface area contributed by atoms with Crippen LogP contribution in [0.25, 0.3) is 0 Å². The van der Waals surface area contributed by atoms with E-state index in [2.05, 4.69) is 0 Å². The first kappa shape index (κ1) is 14.1. The molecule has 0 heterocycles. The summed E-state index contributed by atoms with van der Waals surface area (Å²) in [6.07, 6.45) is 3.32. The molecule has 2 rings (SSSR count). The molecule has 1 fully saturated rings. The fraction of sp³-hybridized carbons (Fsp3) is 0.562. The van der Waals surface area contributed by atoms with Crippen LogP contribution >= 0.6 is 0 Å². The molecule has 104 valence electrons. The van der Waals surface area contributed by atoms with Crippen LogP contribution in [0.15, 0.2) is 30.3 Å². The highest BCUT2D eigenvalue weighted by Crippen LogP contribution is 2.40. The molecule has 1 saturated carbocycles. The highest BCUT2D eigenvalue weighted by atomic mass is 16.5. The Morgan fingerprint density at radius 1 is 1.37 bits per heavy atom. The Hall–Kier alpha value is -1.35. The van der Waals surface area contributed by atoms with E-state index in [0.29, 0.717) is 25.9 Å². The van der Waals surface area contributed by atoms with Crippen molar-refractivity contribution >= 4 is 5.97 Å². The predicted octanol–water partition coefficient (Wildman–Crippen LogP) is 2.71. The fourth-order valence-electron chi connectivity index (χ4n) is 2.97. The summed E-state index contributed by atoms with van der Waals surface area (Å²) < 4.78 is 5.23. The lowest BCUT2D eigenvalue weighted by Gasteiger charge is -2.39. The van der Waals surface area contributed by atoms with E-state index in [4.69, 9.17) is 4.74 Å². The fourth-order valence-corrected chi connectivity index (χ4v) is 2.97. The molecule has 1 aliphatic rings. The molecule has 0 radical (unpaired) electrons. The smallest absolute Gasteiger partial charge is 0.315 e. The Morgan fingerprint density at radius 3 is 2.74 bits per heavy atom. The SMILES string of the molecule is CCOC(=O)[C@@]1(Cc2ccccc2)CCCC[C@H]1O. The molecule has 1 N–H and O–H groups in total. The molecule has 2 atom stereocenters. The third-order valence-corrected chi connectivity index (χ3v) is 4.03. The van der Waals surface area contributed by atoms with E-state index in [-0.39, 0.29) is 5.97 Å². The molecular weight excluding hydrogens is 240 g/mol. The lowest BCUT2D eigenvalue weighted by molar-refractivity contribution is -0.166. The average molecular weight is 262 g/mol. The molecule has 1 aliphatic carbocycles. The van der Waals surface area contributed by atoms with Crippen LogP contribution < -0.4 is 0 Å². The highest BCUT2D eigenvalue weighted by molar-refractivity contribution is 5.78. The van der Waals surface area contributed by atoms with Gasteiger partial charge in [0.2, 0.25) is 0 Å². The van der Waals surface area contributed by atoms with Crippen molar-refractivity contribution in [1.29, 1.82) is 0 Å². The van der Waals surface area contributed by atoms with Gasteiger partial charge in [-0.05, 0) is 31.7 Å². The minimum atomic E-state index is -0.754. The van der Waals surface area contributed by atoms with Crippen LogP contribution in [-0.2, 0) is 16.0 Å². The maximum Gasteiger partial charge on any atom is 0.315 e. The summed E-state index contributed by atoms with van der Waals surface area (Å²) in [7, 11) is 0. The summed E-state index contributed by atoms with van der Waals surface area (Å²) in [5.74, 6) is -0.244. The lowest BCUT2D eigenvalue weighted by Crippen LogP contribution is -2.47. The van der Waals surface area contributed by atoms with Gasteiger partial charge in [-0.2, -0.15) is 0 Å². The van der Waals surface area contributed by atoms with E-state index in [1.54, 1.807) is 0 Å². The summed E-state index contributed by atoms with van der Waals surface area (Å²) >= 11 is 0. The molecule has 3 heteroatoms. The van der Waals surface area contributed by atoms with Crippen LogP contribution in [0.4, 0.5) is 0 Å². The van der Waals surface area contributed by atoms with Gasteiger partial charge in [-0.3, -0.25) is 4.79 Å². The Balaban J connectivity index is 2.25. The lowest BCUT2D eigenvalue weighted by atomic mass is 9.68. The van der Waals surface area contributed by atoms with Gasteiger partial charge in [-0.1, -0.05) is 43.2 Å². The summed E-state index contributed by atoms with van der Waals surface area (Å²) in [6, 6.07) is 9.88. The second-order valence-electron chi connectivity index (χ2n) is 5.30. The molecule has 0 spiro atoms. The topological polar surface area (TPSA) is 46.5 Å². The first-order chi connectivity index (χ1) is 9.19. The average Bonchev–Trinajstić information content (AvgIpc) is 2.43.